The third-order valence-electron chi connectivity index (χ3n) is 5.53. The molecule has 0 unspecified atom stereocenters. The van der Waals surface area contributed by atoms with Crippen molar-refractivity contribution in [3.63, 3.8) is 0 Å². The van der Waals surface area contributed by atoms with Gasteiger partial charge in [-0.2, -0.15) is 13.2 Å². The van der Waals surface area contributed by atoms with Crippen LogP contribution in [0.3, 0.4) is 0 Å². The summed E-state index contributed by atoms with van der Waals surface area (Å²) >= 11 is 0. The van der Waals surface area contributed by atoms with Crippen molar-refractivity contribution in [2.75, 3.05) is 13.1 Å². The number of alkyl halides is 3. The van der Waals surface area contributed by atoms with Gasteiger partial charge >= 0.3 is 12.1 Å². The van der Waals surface area contributed by atoms with E-state index in [2.05, 4.69) is 59.3 Å². The van der Waals surface area contributed by atoms with E-state index in [1.165, 1.54) is 16.5 Å². The lowest BCUT2D eigenvalue weighted by molar-refractivity contribution is -0.192. The molecule has 2 aromatic carbocycles. The number of carbonyl (C=O) groups is 1. The summed E-state index contributed by atoms with van der Waals surface area (Å²) in [7, 11) is 0. The summed E-state index contributed by atoms with van der Waals surface area (Å²) in [6.45, 7) is 5.43. The molecule has 0 radical (unpaired) electrons. The van der Waals surface area contributed by atoms with Crippen molar-refractivity contribution < 1.29 is 27.8 Å². The first-order valence-corrected chi connectivity index (χ1v) is 10.9. The maximum Gasteiger partial charge on any atom is 0.490 e. The highest BCUT2D eigenvalue weighted by Gasteiger charge is 2.38. The van der Waals surface area contributed by atoms with E-state index in [4.69, 9.17) is 14.6 Å². The van der Waals surface area contributed by atoms with Crippen molar-refractivity contribution in [1.29, 1.82) is 0 Å². The van der Waals surface area contributed by atoms with Crippen LogP contribution in [0.5, 0.6) is 5.75 Å². The molecule has 3 aromatic rings. The van der Waals surface area contributed by atoms with Gasteiger partial charge in [-0.1, -0.05) is 31.2 Å². The van der Waals surface area contributed by atoms with Gasteiger partial charge in [0.1, 0.15) is 11.9 Å². The fraction of sp³-hybridized carbons (Fsp3) is 0.360. The van der Waals surface area contributed by atoms with Gasteiger partial charge in [0.15, 0.2) is 0 Å². The zero-order valence-corrected chi connectivity index (χ0v) is 18.4. The lowest BCUT2D eigenvalue weighted by Gasteiger charge is -2.32. The third kappa shape index (κ3) is 7.46. The zero-order valence-electron chi connectivity index (χ0n) is 18.4. The Morgan fingerprint density at radius 3 is 2.30 bits per heavy atom. The van der Waals surface area contributed by atoms with Gasteiger partial charge in [0.2, 0.25) is 0 Å². The number of hydrogen-bond donors (Lipinski definition) is 1. The molecule has 1 aromatic heterocycles. The molecule has 8 heteroatoms. The number of carboxylic acid groups (broad SMARTS) is 1. The van der Waals surface area contributed by atoms with Crippen molar-refractivity contribution in [2.24, 2.45) is 0 Å². The third-order valence-corrected chi connectivity index (χ3v) is 5.53. The molecule has 0 atom stereocenters. The van der Waals surface area contributed by atoms with E-state index >= 15 is 0 Å². The largest absolute Gasteiger partial charge is 0.490 e. The Bertz CT molecular complexity index is 1050. The molecule has 0 spiro atoms. The number of benzene rings is 2. The lowest BCUT2D eigenvalue weighted by Crippen LogP contribution is -2.37. The molecule has 33 heavy (non-hydrogen) atoms. The second kappa shape index (κ2) is 11.1. The molecule has 0 amide bonds. The Labute approximate surface area is 190 Å². The van der Waals surface area contributed by atoms with Crippen molar-refractivity contribution in [3.8, 4) is 5.75 Å². The van der Waals surface area contributed by atoms with Crippen molar-refractivity contribution in [3.05, 3.63) is 72.1 Å². The number of aliphatic carboxylic acids is 1. The maximum absolute atomic E-state index is 10.6. The number of aryl methyl sites for hydroxylation is 1. The minimum absolute atomic E-state index is 0.313. The quantitative estimate of drug-likeness (QED) is 0.547. The summed E-state index contributed by atoms with van der Waals surface area (Å²) in [5, 5.41) is 9.47. The molecule has 176 valence electrons. The van der Waals surface area contributed by atoms with Crippen LogP contribution in [0.2, 0.25) is 0 Å². The standard InChI is InChI=1S/C23H26N2O.C2HF3O2/c1-2-18-3-5-19(6-4-18)17-25-13-10-22(11-14-25)26-23-8-7-21-16-24-12-9-20(21)15-23;3-2(4,5)1(6)7/h3-9,12,15-16,22H,2,10-11,13-14,17H2,1H3;(H,6,7). The van der Waals surface area contributed by atoms with Crippen LogP contribution in [-0.2, 0) is 17.8 Å². The second-order valence-corrected chi connectivity index (χ2v) is 7.95. The molecule has 1 fully saturated rings. The minimum Gasteiger partial charge on any atom is -0.490 e. The highest BCUT2D eigenvalue weighted by molar-refractivity contribution is 5.82. The van der Waals surface area contributed by atoms with Crippen LogP contribution in [0.4, 0.5) is 13.2 Å². The van der Waals surface area contributed by atoms with Crippen LogP contribution in [0.1, 0.15) is 30.9 Å². The van der Waals surface area contributed by atoms with E-state index in [1.54, 1.807) is 0 Å². The molecule has 1 saturated heterocycles. The van der Waals surface area contributed by atoms with Gasteiger partial charge in [-0.3, -0.25) is 9.88 Å². The van der Waals surface area contributed by atoms with E-state index in [-0.39, 0.29) is 0 Å². The zero-order chi connectivity index (χ0) is 23.8. The van der Waals surface area contributed by atoms with Crippen molar-refractivity contribution in [2.45, 2.75) is 45.0 Å². The number of ether oxygens (including phenoxy) is 1. The average molecular weight is 460 g/mol. The number of fused-ring (bicyclic) bond motifs is 1. The van der Waals surface area contributed by atoms with Gasteiger partial charge in [0, 0.05) is 37.4 Å². The van der Waals surface area contributed by atoms with Crippen molar-refractivity contribution in [1.82, 2.24) is 9.88 Å². The summed E-state index contributed by atoms with van der Waals surface area (Å²) in [6, 6.07) is 17.4. The maximum atomic E-state index is 10.6. The number of nitrogens with zero attached hydrogens (tertiary/aromatic N) is 2. The summed E-state index contributed by atoms with van der Waals surface area (Å²) < 4.78 is 38.0. The molecule has 2 heterocycles. The number of aromatic nitrogens is 1. The molecule has 0 saturated carbocycles. The van der Waals surface area contributed by atoms with Gasteiger partial charge in [-0.15, -0.1) is 0 Å². The van der Waals surface area contributed by atoms with E-state index in [0.717, 1.165) is 50.0 Å². The highest BCUT2D eigenvalue weighted by Crippen LogP contribution is 2.24. The fourth-order valence-electron chi connectivity index (χ4n) is 3.65. The first kappa shape index (κ1) is 24.5. The highest BCUT2D eigenvalue weighted by atomic mass is 19.4. The Balaban J connectivity index is 0.000000383. The van der Waals surface area contributed by atoms with Crippen LogP contribution >= 0.6 is 0 Å². The SMILES string of the molecule is CCc1ccc(CN2CCC(Oc3ccc4cnccc4c3)CC2)cc1.O=C(O)C(F)(F)F. The predicted octanol–water partition coefficient (Wildman–Crippen LogP) is 5.47. The molecule has 1 aliphatic rings. The summed E-state index contributed by atoms with van der Waals surface area (Å²) in [5.41, 5.74) is 2.82. The van der Waals surface area contributed by atoms with Gasteiger partial charge in [-0.25, -0.2) is 4.79 Å². The van der Waals surface area contributed by atoms with Crippen LogP contribution in [0, 0.1) is 0 Å². The van der Waals surface area contributed by atoms with E-state index in [9.17, 15) is 13.2 Å². The normalized spacial score (nSPS) is 15.0. The number of halogens is 3. The molecule has 1 aliphatic heterocycles. The number of piperidine rings is 1. The Hall–Kier alpha value is -3.13. The summed E-state index contributed by atoms with van der Waals surface area (Å²) in [4.78, 5) is 15.6. The Morgan fingerprint density at radius 2 is 1.70 bits per heavy atom. The molecule has 0 bridgehead atoms. The predicted molar refractivity (Wildman–Crippen MR) is 120 cm³/mol. The fourth-order valence-corrected chi connectivity index (χ4v) is 3.65. The number of rotatable bonds is 5. The van der Waals surface area contributed by atoms with Gasteiger partial charge < -0.3 is 9.84 Å². The molecular formula is C25H27F3N2O3. The van der Waals surface area contributed by atoms with Gasteiger partial charge in [0.05, 0.1) is 0 Å². The van der Waals surface area contributed by atoms with Crippen LogP contribution in [0.15, 0.2) is 60.9 Å². The van der Waals surface area contributed by atoms with Crippen molar-refractivity contribution >= 4 is 16.7 Å². The minimum atomic E-state index is -5.08. The smallest absolute Gasteiger partial charge is 0.490 e. The van der Waals surface area contributed by atoms with E-state index in [0.29, 0.717) is 6.10 Å². The van der Waals surface area contributed by atoms with Crippen LogP contribution in [-0.4, -0.2) is 46.3 Å². The molecule has 0 aliphatic carbocycles. The molecular weight excluding hydrogens is 433 g/mol. The number of likely N-dealkylation sites (tertiary alicyclic amines) is 1. The van der Waals surface area contributed by atoms with E-state index in [1.807, 2.05) is 18.5 Å². The summed E-state index contributed by atoms with van der Waals surface area (Å²) in [6.07, 6.45) is 2.23. The topological polar surface area (TPSA) is 62.7 Å². The monoisotopic (exact) mass is 460 g/mol. The van der Waals surface area contributed by atoms with Gasteiger partial charge in [0.25, 0.3) is 0 Å². The molecule has 5 nitrogen and oxygen atoms in total. The number of pyridine rings is 1. The lowest BCUT2D eigenvalue weighted by atomic mass is 10.1. The summed E-state index contributed by atoms with van der Waals surface area (Å²) in [5.74, 6) is -1.79. The number of hydrogen-bond acceptors (Lipinski definition) is 4. The number of carboxylic acids is 1. The molecule has 1 N–H and O–H groups in total. The van der Waals surface area contributed by atoms with Crippen LogP contribution < -0.4 is 4.74 Å². The van der Waals surface area contributed by atoms with E-state index < -0.39 is 12.1 Å². The Morgan fingerprint density at radius 1 is 1.06 bits per heavy atom. The second-order valence-electron chi connectivity index (χ2n) is 7.95. The van der Waals surface area contributed by atoms with Gasteiger partial charge in [-0.05, 0) is 60.0 Å². The Kier molecular flexibility index (Phi) is 8.27. The average Bonchev–Trinajstić information content (AvgIpc) is 2.80. The molecule has 4 rings (SSSR count). The first-order valence-electron chi connectivity index (χ1n) is 10.9. The van der Waals surface area contributed by atoms with Crippen LogP contribution in [0.25, 0.3) is 10.8 Å². The first-order chi connectivity index (χ1) is 15.7.